The molecule has 3 aliphatic heterocycles. The number of aromatic amines is 2. The van der Waals surface area contributed by atoms with Gasteiger partial charge in [-0.05, 0) is 74.1 Å². The van der Waals surface area contributed by atoms with Gasteiger partial charge in [0.2, 0.25) is 11.8 Å². The molecule has 0 saturated carbocycles. The lowest BCUT2D eigenvalue weighted by Crippen LogP contribution is -2.61. The van der Waals surface area contributed by atoms with E-state index >= 15 is 0 Å². The van der Waals surface area contributed by atoms with Crippen molar-refractivity contribution in [3.05, 3.63) is 72.6 Å². The molecule has 4 atom stereocenters. The average molecular weight is 880 g/mol. The van der Waals surface area contributed by atoms with Crippen LogP contribution in [0.2, 0.25) is 0 Å². The van der Waals surface area contributed by atoms with E-state index in [9.17, 15) is 24.0 Å². The van der Waals surface area contributed by atoms with Crippen molar-refractivity contribution < 1.29 is 38.2 Å². The predicted molar refractivity (Wildman–Crippen MR) is 238 cm³/mol. The number of methoxy groups -OCH3 is 2. The summed E-state index contributed by atoms with van der Waals surface area (Å²) in [5.41, 5.74) is 4.57. The number of imidazole rings is 2. The van der Waals surface area contributed by atoms with Crippen LogP contribution in [0.25, 0.3) is 33.6 Å². The molecule has 3 saturated heterocycles. The fourth-order valence-corrected chi connectivity index (χ4v) is 9.04. The number of benzene rings is 2. The molecule has 1 spiro atoms. The normalized spacial score (nSPS) is 19.1. The summed E-state index contributed by atoms with van der Waals surface area (Å²) in [5.74, 6) is 0.611. The van der Waals surface area contributed by atoms with E-state index in [2.05, 4.69) is 49.9 Å². The first-order valence-corrected chi connectivity index (χ1v) is 22.0. The molecule has 0 radical (unpaired) electrons. The summed E-state index contributed by atoms with van der Waals surface area (Å²) < 4.78 is 15.2. The summed E-state index contributed by atoms with van der Waals surface area (Å²) >= 11 is 0. The SMILES string of the molecule is COC(=O)N[C@H](C(=O)N1CC2(CC1c1ncc(-c3ccc(-c4ccc(-c5cnc([C@@H]6CCCN6C(=O)[C@@H](NC(=O)OC)C(C)C)[nH]5)cc4)cc3)[nH]1)CN(C(=O)OC(C)(C)C)C2)C(C)C. The number of hydrogen-bond donors (Lipinski definition) is 4. The average Bonchev–Trinajstić information content (AvgIpc) is 4.09. The van der Waals surface area contributed by atoms with E-state index in [4.69, 9.17) is 19.2 Å². The highest BCUT2D eigenvalue weighted by Gasteiger charge is 2.56. The molecule has 5 amide bonds. The number of aromatic nitrogens is 4. The number of nitrogens with zero attached hydrogens (tertiary/aromatic N) is 5. The number of hydrogen-bond acceptors (Lipinski definition) is 10. The van der Waals surface area contributed by atoms with E-state index in [1.54, 1.807) is 27.1 Å². The lowest BCUT2D eigenvalue weighted by atomic mass is 9.78. The van der Waals surface area contributed by atoms with Crippen LogP contribution < -0.4 is 10.6 Å². The van der Waals surface area contributed by atoms with Crippen LogP contribution in [0.15, 0.2) is 60.9 Å². The second-order valence-corrected chi connectivity index (χ2v) is 18.9. The summed E-state index contributed by atoms with van der Waals surface area (Å²) in [7, 11) is 2.55. The molecule has 0 aliphatic carbocycles. The topological polar surface area (TPSA) is 204 Å². The van der Waals surface area contributed by atoms with Crippen LogP contribution in [0, 0.1) is 17.3 Å². The first-order valence-electron chi connectivity index (χ1n) is 22.0. The number of nitrogens with one attached hydrogen (secondary N) is 4. The van der Waals surface area contributed by atoms with Crippen LogP contribution in [0.5, 0.6) is 0 Å². The van der Waals surface area contributed by atoms with E-state index in [0.717, 1.165) is 46.5 Å². The van der Waals surface area contributed by atoms with Gasteiger partial charge in [-0.3, -0.25) is 9.59 Å². The third-order valence-corrected chi connectivity index (χ3v) is 12.4. The molecule has 0 bridgehead atoms. The first kappa shape index (κ1) is 45.6. The Kier molecular flexibility index (Phi) is 13.1. The van der Waals surface area contributed by atoms with Gasteiger partial charge < -0.3 is 49.5 Å². The van der Waals surface area contributed by atoms with Gasteiger partial charge in [-0.2, -0.15) is 0 Å². The van der Waals surface area contributed by atoms with E-state index in [-0.39, 0.29) is 41.2 Å². The van der Waals surface area contributed by atoms with E-state index in [1.165, 1.54) is 14.2 Å². The second-order valence-electron chi connectivity index (χ2n) is 18.9. The number of likely N-dealkylation sites (tertiary alicyclic amines) is 3. The number of carbonyl (C=O) groups is 5. The largest absolute Gasteiger partial charge is 0.453 e. The van der Waals surface area contributed by atoms with Crippen molar-refractivity contribution in [2.24, 2.45) is 17.3 Å². The van der Waals surface area contributed by atoms with Crippen LogP contribution in [0.3, 0.4) is 0 Å². The third kappa shape index (κ3) is 9.72. The molecule has 64 heavy (non-hydrogen) atoms. The molecular formula is C47H61N9O8. The highest BCUT2D eigenvalue weighted by molar-refractivity contribution is 5.87. The maximum absolute atomic E-state index is 14.2. The molecule has 17 heteroatoms. The summed E-state index contributed by atoms with van der Waals surface area (Å²) in [6.45, 7) is 14.9. The number of ether oxygens (including phenoxy) is 3. The zero-order valence-corrected chi connectivity index (χ0v) is 38.2. The monoisotopic (exact) mass is 879 g/mol. The Morgan fingerprint density at radius 1 is 0.688 bits per heavy atom. The standard InChI is InChI=1S/C47H61N9O8/c1-27(2)37(52-43(59)62-8)41(57)55-20-10-11-35(55)39-48-22-33(50-39)31-16-12-29(13-17-31)30-14-18-32(19-15-30)34-23-49-40(51-34)36-21-47(24-54(25-47)45(61)64-46(5,6)7)26-56(36)42(58)38(28(3)4)53-44(60)63-9/h12-19,22-23,27-28,35-38H,10-11,20-21,24-26H2,1-9H3,(H,48,50)(H,49,51)(H,52,59)(H,53,60)/t35-,36?,37-,38-/m0/s1. The van der Waals surface area contributed by atoms with Crippen LogP contribution in [0.1, 0.15) is 91.5 Å². The van der Waals surface area contributed by atoms with E-state index in [0.29, 0.717) is 44.2 Å². The minimum Gasteiger partial charge on any atom is -0.453 e. The highest BCUT2D eigenvalue weighted by atomic mass is 16.6. The number of H-pyrrole nitrogens is 2. The molecule has 2 aromatic carbocycles. The van der Waals surface area contributed by atoms with Crippen molar-refractivity contribution in [3.63, 3.8) is 0 Å². The molecule has 7 rings (SSSR count). The Balaban J connectivity index is 1.04. The van der Waals surface area contributed by atoms with Crippen LogP contribution in [-0.4, -0.2) is 123 Å². The molecule has 342 valence electrons. The summed E-state index contributed by atoms with van der Waals surface area (Å²) in [6.07, 6.45) is 4.04. The van der Waals surface area contributed by atoms with Gasteiger partial charge in [0.15, 0.2) is 0 Å². The van der Waals surface area contributed by atoms with Gasteiger partial charge in [0.05, 0.1) is 50.1 Å². The molecular weight excluding hydrogens is 819 g/mol. The molecule has 4 N–H and O–H groups in total. The van der Waals surface area contributed by atoms with Crippen molar-refractivity contribution in [3.8, 4) is 33.6 Å². The fraction of sp³-hybridized carbons (Fsp3) is 0.511. The van der Waals surface area contributed by atoms with E-state index < -0.39 is 35.9 Å². The molecule has 4 aromatic rings. The minimum absolute atomic E-state index is 0.120. The first-order chi connectivity index (χ1) is 30.4. The van der Waals surface area contributed by atoms with Crippen LogP contribution in [-0.2, 0) is 23.8 Å². The maximum atomic E-state index is 14.2. The zero-order chi connectivity index (χ0) is 46.1. The molecule has 1 unspecified atom stereocenters. The van der Waals surface area contributed by atoms with Gasteiger partial charge in [0, 0.05) is 31.6 Å². The number of amides is 5. The van der Waals surface area contributed by atoms with Crippen LogP contribution in [0.4, 0.5) is 14.4 Å². The Morgan fingerprint density at radius 2 is 1.14 bits per heavy atom. The van der Waals surface area contributed by atoms with Crippen LogP contribution >= 0.6 is 0 Å². The number of alkyl carbamates (subject to hydrolysis) is 2. The molecule has 3 fully saturated rings. The Bertz CT molecular complexity index is 2330. The van der Waals surface area contributed by atoms with Crippen molar-refractivity contribution in [2.75, 3.05) is 40.4 Å². The Hall–Kier alpha value is -6.39. The minimum atomic E-state index is -0.817. The van der Waals surface area contributed by atoms with Gasteiger partial charge in [0.1, 0.15) is 29.3 Å². The third-order valence-electron chi connectivity index (χ3n) is 12.4. The quantitative estimate of drug-likeness (QED) is 0.113. The van der Waals surface area contributed by atoms with Gasteiger partial charge in [0.25, 0.3) is 0 Å². The summed E-state index contributed by atoms with van der Waals surface area (Å²) in [6, 6.07) is 14.2. The number of rotatable bonds is 11. The zero-order valence-electron chi connectivity index (χ0n) is 38.2. The molecule has 17 nitrogen and oxygen atoms in total. The summed E-state index contributed by atoms with van der Waals surface area (Å²) in [4.78, 5) is 86.7. The van der Waals surface area contributed by atoms with Crippen molar-refractivity contribution in [1.29, 1.82) is 0 Å². The highest BCUT2D eigenvalue weighted by Crippen LogP contribution is 2.49. The van der Waals surface area contributed by atoms with Gasteiger partial charge in [-0.15, -0.1) is 0 Å². The van der Waals surface area contributed by atoms with Crippen molar-refractivity contribution in [2.45, 2.75) is 97.5 Å². The molecule has 3 aliphatic rings. The Labute approximate surface area is 374 Å². The maximum Gasteiger partial charge on any atom is 0.410 e. The molecule has 2 aromatic heterocycles. The number of carbonyl (C=O) groups excluding carboxylic acids is 5. The fourth-order valence-electron chi connectivity index (χ4n) is 9.04. The van der Waals surface area contributed by atoms with Gasteiger partial charge in [-0.25, -0.2) is 24.4 Å². The Morgan fingerprint density at radius 3 is 1.59 bits per heavy atom. The lowest BCUT2D eigenvalue weighted by molar-refractivity contribution is -0.136. The van der Waals surface area contributed by atoms with E-state index in [1.807, 2.05) is 72.7 Å². The van der Waals surface area contributed by atoms with Gasteiger partial charge in [-0.1, -0.05) is 76.2 Å². The van der Waals surface area contributed by atoms with Gasteiger partial charge >= 0.3 is 18.3 Å². The summed E-state index contributed by atoms with van der Waals surface area (Å²) in [5, 5.41) is 5.42. The lowest BCUT2D eigenvalue weighted by Gasteiger charge is -2.47. The molecule has 5 heterocycles. The van der Waals surface area contributed by atoms with Crippen molar-refractivity contribution >= 4 is 30.1 Å². The smallest absolute Gasteiger partial charge is 0.410 e. The predicted octanol–water partition coefficient (Wildman–Crippen LogP) is 7.07. The van der Waals surface area contributed by atoms with Crippen molar-refractivity contribution in [1.82, 2.24) is 45.3 Å². The second kappa shape index (κ2) is 18.4.